The zero-order chi connectivity index (χ0) is 16.8. The molecule has 0 saturated heterocycles. The molecule has 2 heterocycles. The Bertz CT molecular complexity index is 683. The zero-order valence-corrected chi connectivity index (χ0v) is 14.2. The second-order valence-electron chi connectivity index (χ2n) is 5.35. The second-order valence-corrected chi connectivity index (χ2v) is 6.12. The number of nitrogens with zero attached hydrogens (tertiary/aromatic N) is 2. The molecule has 0 spiro atoms. The predicted octanol–water partition coefficient (Wildman–Crippen LogP) is 2.94. The van der Waals surface area contributed by atoms with Crippen molar-refractivity contribution in [2.24, 2.45) is 5.92 Å². The molecule has 0 atom stereocenters. The number of amides is 2. The molecule has 2 amide bonds. The fourth-order valence-electron chi connectivity index (χ4n) is 1.83. The molecule has 0 aliphatic carbocycles. The maximum absolute atomic E-state index is 12.3. The van der Waals surface area contributed by atoms with Crippen molar-refractivity contribution in [3.05, 3.63) is 29.3 Å². The SMILES string of the molecule is CCCNC(=O)c1snc(-c2ccccn2)c1NC(=O)C(C)C. The highest BCUT2D eigenvalue weighted by Gasteiger charge is 2.23. The first kappa shape index (κ1) is 17.1. The second kappa shape index (κ2) is 7.82. The lowest BCUT2D eigenvalue weighted by atomic mass is 10.1. The number of hydrogen-bond acceptors (Lipinski definition) is 5. The van der Waals surface area contributed by atoms with E-state index in [2.05, 4.69) is 20.0 Å². The van der Waals surface area contributed by atoms with Crippen LogP contribution in [0.1, 0.15) is 36.9 Å². The molecule has 2 N–H and O–H groups in total. The largest absolute Gasteiger partial charge is 0.351 e. The maximum Gasteiger partial charge on any atom is 0.265 e. The zero-order valence-electron chi connectivity index (χ0n) is 13.4. The molecule has 23 heavy (non-hydrogen) atoms. The third kappa shape index (κ3) is 4.13. The molecule has 0 saturated carbocycles. The average Bonchev–Trinajstić information content (AvgIpc) is 2.97. The van der Waals surface area contributed by atoms with Crippen molar-refractivity contribution in [3.8, 4) is 11.4 Å². The number of pyridine rings is 1. The third-order valence-corrected chi connectivity index (χ3v) is 3.96. The van der Waals surface area contributed by atoms with Crippen LogP contribution in [0.5, 0.6) is 0 Å². The summed E-state index contributed by atoms with van der Waals surface area (Å²) in [6.45, 7) is 6.15. The topological polar surface area (TPSA) is 84.0 Å². The fourth-order valence-corrected chi connectivity index (χ4v) is 2.59. The maximum atomic E-state index is 12.3. The van der Waals surface area contributed by atoms with E-state index in [0.29, 0.717) is 28.5 Å². The summed E-state index contributed by atoms with van der Waals surface area (Å²) in [6.07, 6.45) is 2.49. The minimum Gasteiger partial charge on any atom is -0.351 e. The lowest BCUT2D eigenvalue weighted by molar-refractivity contribution is -0.118. The number of carbonyl (C=O) groups excluding carboxylic acids is 2. The van der Waals surface area contributed by atoms with Crippen LogP contribution in [-0.2, 0) is 4.79 Å². The highest BCUT2D eigenvalue weighted by Crippen LogP contribution is 2.32. The van der Waals surface area contributed by atoms with E-state index >= 15 is 0 Å². The molecule has 2 aromatic heterocycles. The van der Waals surface area contributed by atoms with Crippen LogP contribution in [0.2, 0.25) is 0 Å². The molecular formula is C16H20N4O2S. The van der Waals surface area contributed by atoms with Gasteiger partial charge in [-0.25, -0.2) is 0 Å². The van der Waals surface area contributed by atoms with Crippen molar-refractivity contribution in [3.63, 3.8) is 0 Å². The quantitative estimate of drug-likeness (QED) is 0.852. The first-order valence-electron chi connectivity index (χ1n) is 7.54. The van der Waals surface area contributed by atoms with Crippen LogP contribution in [-0.4, -0.2) is 27.7 Å². The molecular weight excluding hydrogens is 312 g/mol. The summed E-state index contributed by atoms with van der Waals surface area (Å²) < 4.78 is 4.33. The first-order valence-corrected chi connectivity index (χ1v) is 8.32. The minimum atomic E-state index is -0.231. The van der Waals surface area contributed by atoms with Crippen molar-refractivity contribution >= 4 is 29.0 Å². The van der Waals surface area contributed by atoms with Gasteiger partial charge >= 0.3 is 0 Å². The van der Waals surface area contributed by atoms with E-state index in [1.54, 1.807) is 32.2 Å². The normalized spacial score (nSPS) is 10.6. The highest BCUT2D eigenvalue weighted by atomic mass is 32.1. The van der Waals surface area contributed by atoms with Crippen LogP contribution in [0.4, 0.5) is 5.69 Å². The van der Waals surface area contributed by atoms with E-state index in [1.165, 1.54) is 0 Å². The van der Waals surface area contributed by atoms with Gasteiger partial charge in [-0.3, -0.25) is 14.6 Å². The van der Waals surface area contributed by atoms with Crippen molar-refractivity contribution in [2.75, 3.05) is 11.9 Å². The van der Waals surface area contributed by atoms with Gasteiger partial charge in [-0.05, 0) is 30.1 Å². The van der Waals surface area contributed by atoms with Gasteiger partial charge in [-0.2, -0.15) is 4.37 Å². The van der Waals surface area contributed by atoms with Crippen molar-refractivity contribution < 1.29 is 9.59 Å². The molecule has 6 nitrogen and oxygen atoms in total. The lowest BCUT2D eigenvalue weighted by Crippen LogP contribution is -2.25. The summed E-state index contributed by atoms with van der Waals surface area (Å²) in [4.78, 5) is 29.1. The van der Waals surface area contributed by atoms with Crippen LogP contribution in [0.3, 0.4) is 0 Å². The molecule has 0 aliphatic rings. The van der Waals surface area contributed by atoms with Gasteiger partial charge in [-0.15, -0.1) is 0 Å². The van der Waals surface area contributed by atoms with Crippen LogP contribution in [0, 0.1) is 5.92 Å². The standard InChI is InChI=1S/C16H20N4O2S/c1-4-8-18-16(22)14-13(19-15(21)10(2)3)12(20-23-14)11-7-5-6-9-17-11/h5-7,9-10H,4,8H2,1-3H3,(H,18,22)(H,19,21). The van der Waals surface area contributed by atoms with E-state index in [1.807, 2.05) is 13.0 Å². The van der Waals surface area contributed by atoms with Gasteiger partial charge in [-0.1, -0.05) is 26.8 Å². The predicted molar refractivity (Wildman–Crippen MR) is 91.4 cm³/mol. The van der Waals surface area contributed by atoms with Gasteiger partial charge in [0.15, 0.2) is 0 Å². The van der Waals surface area contributed by atoms with Gasteiger partial charge in [0.2, 0.25) is 5.91 Å². The van der Waals surface area contributed by atoms with Gasteiger partial charge < -0.3 is 10.6 Å². The fraction of sp³-hybridized carbons (Fsp3) is 0.375. The van der Waals surface area contributed by atoms with Gasteiger partial charge in [0.1, 0.15) is 10.6 Å². The Kier molecular flexibility index (Phi) is 5.81. The van der Waals surface area contributed by atoms with E-state index in [4.69, 9.17) is 0 Å². The summed E-state index contributed by atoms with van der Waals surface area (Å²) >= 11 is 1.07. The highest BCUT2D eigenvalue weighted by molar-refractivity contribution is 7.09. The lowest BCUT2D eigenvalue weighted by Gasteiger charge is -2.10. The molecule has 2 rings (SSSR count). The summed E-state index contributed by atoms with van der Waals surface area (Å²) in [5.41, 5.74) is 1.57. The van der Waals surface area contributed by atoms with Gasteiger partial charge in [0, 0.05) is 18.7 Å². The van der Waals surface area contributed by atoms with E-state index in [0.717, 1.165) is 18.0 Å². The smallest absolute Gasteiger partial charge is 0.265 e. The Morgan fingerprint density at radius 2 is 2.09 bits per heavy atom. The molecule has 0 aliphatic heterocycles. The number of nitrogens with one attached hydrogen (secondary N) is 2. The molecule has 2 aromatic rings. The molecule has 122 valence electrons. The third-order valence-electron chi connectivity index (χ3n) is 3.11. The van der Waals surface area contributed by atoms with Crippen LogP contribution < -0.4 is 10.6 Å². The Labute approximate surface area is 139 Å². The average molecular weight is 332 g/mol. The van der Waals surface area contributed by atoms with Gasteiger partial charge in [0.25, 0.3) is 5.91 Å². The van der Waals surface area contributed by atoms with Crippen LogP contribution in [0.25, 0.3) is 11.4 Å². The monoisotopic (exact) mass is 332 g/mol. The molecule has 0 unspecified atom stereocenters. The summed E-state index contributed by atoms with van der Waals surface area (Å²) in [7, 11) is 0. The Morgan fingerprint density at radius 1 is 1.30 bits per heavy atom. The van der Waals surface area contributed by atoms with Crippen molar-refractivity contribution in [1.29, 1.82) is 0 Å². The summed E-state index contributed by atoms with van der Waals surface area (Å²) in [5, 5.41) is 5.64. The number of hydrogen-bond donors (Lipinski definition) is 2. The molecule has 0 aromatic carbocycles. The van der Waals surface area contributed by atoms with Crippen molar-refractivity contribution in [2.45, 2.75) is 27.2 Å². The van der Waals surface area contributed by atoms with Crippen molar-refractivity contribution in [1.82, 2.24) is 14.7 Å². The molecule has 0 bridgehead atoms. The molecule has 0 fully saturated rings. The minimum absolute atomic E-state index is 0.160. The number of anilines is 1. The molecule has 7 heteroatoms. The summed E-state index contributed by atoms with van der Waals surface area (Å²) in [5.74, 6) is -0.587. The number of carbonyl (C=O) groups is 2. The van der Waals surface area contributed by atoms with Gasteiger partial charge in [0.05, 0.1) is 11.4 Å². The van der Waals surface area contributed by atoms with E-state index in [-0.39, 0.29) is 17.7 Å². The first-order chi connectivity index (χ1) is 11.0. The number of aromatic nitrogens is 2. The Morgan fingerprint density at radius 3 is 2.70 bits per heavy atom. The van der Waals surface area contributed by atoms with Crippen LogP contribution in [0.15, 0.2) is 24.4 Å². The van der Waals surface area contributed by atoms with E-state index in [9.17, 15) is 9.59 Å². The summed E-state index contributed by atoms with van der Waals surface area (Å²) in [6, 6.07) is 5.44. The number of rotatable bonds is 6. The molecule has 0 radical (unpaired) electrons. The Hall–Kier alpha value is -2.28. The van der Waals surface area contributed by atoms with Crippen LogP contribution >= 0.6 is 11.5 Å². The Balaban J connectivity index is 2.41. The van der Waals surface area contributed by atoms with E-state index < -0.39 is 0 Å².